The first-order valence-electron chi connectivity index (χ1n) is 3.59. The fourth-order valence-corrected chi connectivity index (χ4v) is 1.44. The van der Waals surface area contributed by atoms with Crippen LogP contribution in [0.1, 0.15) is 10.7 Å². The molecule has 0 saturated heterocycles. The number of urea groups is 1. The molecule has 66 valence electrons. The molecule has 4 nitrogen and oxygen atoms in total. The van der Waals surface area contributed by atoms with Crippen LogP contribution in [0.3, 0.4) is 0 Å². The van der Waals surface area contributed by atoms with Gasteiger partial charge < -0.3 is 10.6 Å². The predicted octanol–water partition coefficient (Wildman–Crippen LogP) is 0.881. The Labute approximate surface area is 75.0 Å². The third-order valence-electron chi connectivity index (χ3n) is 1.29. The van der Waals surface area contributed by atoms with Crippen LogP contribution in [0.25, 0.3) is 0 Å². The van der Waals surface area contributed by atoms with Gasteiger partial charge in [-0.1, -0.05) is 0 Å². The number of thiazole rings is 1. The number of carbonyl (C=O) groups is 1. The number of hydrogen-bond donors (Lipinski definition) is 2. The summed E-state index contributed by atoms with van der Waals surface area (Å²) in [5.74, 6) is 0. The lowest BCUT2D eigenvalue weighted by molar-refractivity contribution is 0.242. The normalized spacial score (nSPS) is 9.50. The minimum Gasteiger partial charge on any atom is -0.341 e. The molecule has 0 aliphatic carbocycles. The van der Waals surface area contributed by atoms with Gasteiger partial charge in [-0.2, -0.15) is 0 Å². The van der Waals surface area contributed by atoms with Gasteiger partial charge in [0.1, 0.15) is 5.01 Å². The van der Waals surface area contributed by atoms with Gasteiger partial charge in [0, 0.05) is 18.1 Å². The van der Waals surface area contributed by atoms with E-state index in [1.807, 2.05) is 12.3 Å². The van der Waals surface area contributed by atoms with Gasteiger partial charge in [0.15, 0.2) is 0 Å². The van der Waals surface area contributed by atoms with E-state index in [-0.39, 0.29) is 6.03 Å². The topological polar surface area (TPSA) is 54.0 Å². The van der Waals surface area contributed by atoms with Gasteiger partial charge in [-0.25, -0.2) is 9.78 Å². The first-order chi connectivity index (χ1) is 5.72. The Morgan fingerprint density at radius 3 is 3.00 bits per heavy atom. The highest BCUT2D eigenvalue weighted by Crippen LogP contribution is 2.07. The van der Waals surface area contributed by atoms with Crippen molar-refractivity contribution in [2.75, 3.05) is 7.05 Å². The lowest BCUT2D eigenvalue weighted by Crippen LogP contribution is -2.32. The SMILES string of the molecule is CNC(=O)NCc1nc(C)cs1. The van der Waals surface area contributed by atoms with Gasteiger partial charge in [0.05, 0.1) is 6.54 Å². The third-order valence-corrected chi connectivity index (χ3v) is 2.26. The van der Waals surface area contributed by atoms with Crippen LogP contribution < -0.4 is 10.6 Å². The zero-order valence-corrected chi connectivity index (χ0v) is 7.86. The second kappa shape index (κ2) is 4.06. The maximum atomic E-state index is 10.7. The van der Waals surface area contributed by atoms with Crippen LogP contribution in [-0.2, 0) is 6.54 Å². The van der Waals surface area contributed by atoms with E-state index in [0.29, 0.717) is 6.54 Å². The van der Waals surface area contributed by atoms with Crippen LogP contribution in [0.2, 0.25) is 0 Å². The molecular formula is C7H11N3OS. The average molecular weight is 185 g/mol. The molecule has 1 rings (SSSR count). The van der Waals surface area contributed by atoms with Crippen molar-refractivity contribution < 1.29 is 4.79 Å². The van der Waals surface area contributed by atoms with Crippen LogP contribution in [0.4, 0.5) is 4.79 Å². The zero-order chi connectivity index (χ0) is 8.97. The van der Waals surface area contributed by atoms with E-state index in [2.05, 4.69) is 15.6 Å². The summed E-state index contributed by atoms with van der Waals surface area (Å²) in [4.78, 5) is 14.9. The number of amides is 2. The quantitative estimate of drug-likeness (QED) is 0.718. The number of hydrogen-bond acceptors (Lipinski definition) is 3. The maximum Gasteiger partial charge on any atom is 0.314 e. The van der Waals surface area contributed by atoms with Gasteiger partial charge in [0.2, 0.25) is 0 Å². The Bertz CT molecular complexity index is 271. The third kappa shape index (κ3) is 2.50. The van der Waals surface area contributed by atoms with Crippen molar-refractivity contribution in [1.82, 2.24) is 15.6 Å². The minimum atomic E-state index is -0.178. The maximum absolute atomic E-state index is 10.7. The Morgan fingerprint density at radius 2 is 2.50 bits per heavy atom. The highest BCUT2D eigenvalue weighted by Gasteiger charge is 1.99. The molecule has 0 radical (unpaired) electrons. The highest BCUT2D eigenvalue weighted by molar-refractivity contribution is 7.09. The number of aromatic nitrogens is 1. The number of nitrogens with zero attached hydrogens (tertiary/aromatic N) is 1. The summed E-state index contributed by atoms with van der Waals surface area (Å²) in [5.41, 5.74) is 0.994. The molecule has 1 heterocycles. The van der Waals surface area contributed by atoms with Crippen molar-refractivity contribution in [2.24, 2.45) is 0 Å². The molecule has 12 heavy (non-hydrogen) atoms. The van der Waals surface area contributed by atoms with Crippen molar-refractivity contribution in [3.8, 4) is 0 Å². The van der Waals surface area contributed by atoms with E-state index in [1.165, 1.54) is 0 Å². The summed E-state index contributed by atoms with van der Waals surface area (Å²) in [6.07, 6.45) is 0. The lowest BCUT2D eigenvalue weighted by Gasteiger charge is -1.99. The molecule has 1 aromatic heterocycles. The molecule has 0 aliphatic heterocycles. The fourth-order valence-electron chi connectivity index (χ4n) is 0.728. The molecule has 0 unspecified atom stereocenters. The number of aryl methyl sites for hydroxylation is 1. The lowest BCUT2D eigenvalue weighted by atomic mass is 10.6. The number of nitrogens with one attached hydrogen (secondary N) is 2. The smallest absolute Gasteiger partial charge is 0.314 e. The molecule has 1 aromatic rings. The summed E-state index contributed by atoms with van der Waals surface area (Å²) in [6, 6.07) is -0.178. The van der Waals surface area contributed by atoms with E-state index < -0.39 is 0 Å². The first-order valence-corrected chi connectivity index (χ1v) is 4.47. The zero-order valence-electron chi connectivity index (χ0n) is 7.05. The van der Waals surface area contributed by atoms with E-state index in [4.69, 9.17) is 0 Å². The van der Waals surface area contributed by atoms with Crippen molar-refractivity contribution in [1.29, 1.82) is 0 Å². The van der Waals surface area contributed by atoms with Crippen molar-refractivity contribution in [2.45, 2.75) is 13.5 Å². The Balaban J connectivity index is 2.38. The van der Waals surface area contributed by atoms with Crippen molar-refractivity contribution in [3.05, 3.63) is 16.1 Å². The van der Waals surface area contributed by atoms with Gasteiger partial charge in [-0.05, 0) is 6.92 Å². The monoisotopic (exact) mass is 185 g/mol. The van der Waals surface area contributed by atoms with Crippen LogP contribution in [0.5, 0.6) is 0 Å². The van der Waals surface area contributed by atoms with E-state index in [9.17, 15) is 4.79 Å². The van der Waals surface area contributed by atoms with Crippen molar-refractivity contribution in [3.63, 3.8) is 0 Å². The number of rotatable bonds is 2. The Morgan fingerprint density at radius 1 is 1.75 bits per heavy atom. The highest BCUT2D eigenvalue weighted by atomic mass is 32.1. The minimum absolute atomic E-state index is 0.178. The molecule has 2 N–H and O–H groups in total. The molecule has 0 aliphatic rings. The molecule has 0 saturated carbocycles. The van der Waals surface area contributed by atoms with Crippen LogP contribution in [0, 0.1) is 6.92 Å². The van der Waals surface area contributed by atoms with E-state index in [0.717, 1.165) is 10.7 Å². The Kier molecular flexibility index (Phi) is 3.04. The predicted molar refractivity (Wildman–Crippen MR) is 48.1 cm³/mol. The standard InChI is InChI=1S/C7H11N3OS/c1-5-4-12-6(10-5)3-9-7(11)8-2/h4H,3H2,1-2H3,(H2,8,9,11). The summed E-state index contributed by atoms with van der Waals surface area (Å²) in [5, 5.41) is 8.01. The molecule has 0 bridgehead atoms. The molecule has 0 atom stereocenters. The molecule has 0 spiro atoms. The second-order valence-electron chi connectivity index (χ2n) is 2.32. The van der Waals surface area contributed by atoms with Gasteiger partial charge in [-0.15, -0.1) is 11.3 Å². The Hall–Kier alpha value is -1.10. The summed E-state index contributed by atoms with van der Waals surface area (Å²) < 4.78 is 0. The summed E-state index contributed by atoms with van der Waals surface area (Å²) in [6.45, 7) is 2.43. The molecule has 0 fully saturated rings. The molecule has 2 amide bonds. The van der Waals surface area contributed by atoms with Crippen LogP contribution in [0.15, 0.2) is 5.38 Å². The van der Waals surface area contributed by atoms with Crippen LogP contribution in [-0.4, -0.2) is 18.1 Å². The van der Waals surface area contributed by atoms with Crippen molar-refractivity contribution >= 4 is 17.4 Å². The second-order valence-corrected chi connectivity index (χ2v) is 3.26. The average Bonchev–Trinajstić information content (AvgIpc) is 2.47. The summed E-state index contributed by atoms with van der Waals surface area (Å²) in [7, 11) is 1.59. The van der Waals surface area contributed by atoms with E-state index in [1.54, 1.807) is 18.4 Å². The van der Waals surface area contributed by atoms with Gasteiger partial charge in [0.25, 0.3) is 0 Å². The summed E-state index contributed by atoms with van der Waals surface area (Å²) >= 11 is 1.55. The van der Waals surface area contributed by atoms with Crippen LogP contribution >= 0.6 is 11.3 Å². The molecule has 5 heteroatoms. The number of carbonyl (C=O) groups excluding carboxylic acids is 1. The first kappa shape index (κ1) is 8.99. The van der Waals surface area contributed by atoms with Gasteiger partial charge in [-0.3, -0.25) is 0 Å². The molecule has 0 aromatic carbocycles. The fraction of sp³-hybridized carbons (Fsp3) is 0.429. The largest absolute Gasteiger partial charge is 0.341 e. The van der Waals surface area contributed by atoms with E-state index >= 15 is 0 Å². The molecular weight excluding hydrogens is 174 g/mol. The van der Waals surface area contributed by atoms with Gasteiger partial charge >= 0.3 is 6.03 Å².